The summed E-state index contributed by atoms with van der Waals surface area (Å²) >= 11 is 5.73. The molecule has 0 saturated carbocycles. The Hall–Kier alpha value is -1.83. The van der Waals surface area contributed by atoms with E-state index in [1.165, 1.54) is 36.5 Å². The van der Waals surface area contributed by atoms with Crippen LogP contribution in [0.1, 0.15) is 26.0 Å². The highest BCUT2D eigenvalue weighted by Gasteiger charge is 2.15. The van der Waals surface area contributed by atoms with Crippen LogP contribution in [0.5, 0.6) is 5.75 Å². The standard InChI is InChI=1S/C17H20ClNO5S/c1-12(2)7-8-23-17-10-19-14(9-16(17)20)11-24-25(21,22)15-5-3-13(18)4-6-15/h3-6,9-10,12H,7-8,11H2,1-2H3,(H,19,20). The van der Waals surface area contributed by atoms with E-state index in [0.29, 0.717) is 23.2 Å². The molecule has 2 rings (SSSR count). The van der Waals surface area contributed by atoms with E-state index in [4.69, 9.17) is 20.5 Å². The van der Waals surface area contributed by atoms with Gasteiger partial charge in [0.15, 0.2) is 5.75 Å². The zero-order valence-electron chi connectivity index (χ0n) is 14.0. The molecule has 0 radical (unpaired) electrons. The van der Waals surface area contributed by atoms with Crippen LogP contribution in [0.4, 0.5) is 0 Å². The van der Waals surface area contributed by atoms with Crippen LogP contribution in [0, 0.1) is 5.92 Å². The molecule has 0 aliphatic rings. The molecule has 0 atom stereocenters. The minimum Gasteiger partial charge on any atom is -0.488 e. The summed E-state index contributed by atoms with van der Waals surface area (Å²) in [7, 11) is -3.93. The zero-order valence-corrected chi connectivity index (χ0v) is 15.6. The molecule has 0 aliphatic heterocycles. The number of aromatic nitrogens is 1. The molecule has 0 fully saturated rings. The molecule has 0 unspecified atom stereocenters. The van der Waals surface area contributed by atoms with Crippen LogP contribution >= 0.6 is 11.6 Å². The first-order valence-corrected chi connectivity index (χ1v) is 9.56. The molecule has 1 aromatic carbocycles. The normalized spacial score (nSPS) is 11.7. The van der Waals surface area contributed by atoms with E-state index in [-0.39, 0.29) is 22.7 Å². The highest BCUT2D eigenvalue weighted by molar-refractivity contribution is 7.86. The Morgan fingerprint density at radius 3 is 2.48 bits per heavy atom. The molecule has 2 aromatic rings. The van der Waals surface area contributed by atoms with Crippen LogP contribution in [-0.2, 0) is 20.9 Å². The van der Waals surface area contributed by atoms with E-state index in [0.717, 1.165) is 6.42 Å². The number of nitrogens with one attached hydrogen (secondary N) is 1. The monoisotopic (exact) mass is 385 g/mol. The molecule has 0 aliphatic carbocycles. The predicted octanol–water partition coefficient (Wildman–Crippen LogP) is 3.36. The molecule has 8 heteroatoms. The Bertz CT molecular complexity index is 859. The third kappa shape index (κ3) is 5.88. The van der Waals surface area contributed by atoms with E-state index < -0.39 is 10.1 Å². The van der Waals surface area contributed by atoms with Gasteiger partial charge in [-0.3, -0.25) is 8.98 Å². The minimum absolute atomic E-state index is 0.00659. The van der Waals surface area contributed by atoms with Gasteiger partial charge >= 0.3 is 0 Å². The van der Waals surface area contributed by atoms with Crippen molar-refractivity contribution in [1.29, 1.82) is 0 Å². The van der Waals surface area contributed by atoms with Crippen LogP contribution in [0.3, 0.4) is 0 Å². The fraction of sp³-hybridized carbons (Fsp3) is 0.353. The van der Waals surface area contributed by atoms with Crippen molar-refractivity contribution < 1.29 is 17.3 Å². The van der Waals surface area contributed by atoms with Crippen LogP contribution in [-0.4, -0.2) is 20.0 Å². The second-order valence-corrected chi connectivity index (χ2v) is 7.94. The van der Waals surface area contributed by atoms with Gasteiger partial charge in [0.25, 0.3) is 10.1 Å². The van der Waals surface area contributed by atoms with Gasteiger partial charge in [-0.25, -0.2) is 0 Å². The van der Waals surface area contributed by atoms with Crippen LogP contribution in [0.15, 0.2) is 46.2 Å². The summed E-state index contributed by atoms with van der Waals surface area (Å²) in [5.74, 6) is 0.676. The summed E-state index contributed by atoms with van der Waals surface area (Å²) in [6, 6.07) is 6.90. The second-order valence-electron chi connectivity index (χ2n) is 5.89. The minimum atomic E-state index is -3.93. The largest absolute Gasteiger partial charge is 0.488 e. The molecule has 1 N–H and O–H groups in total. The zero-order chi connectivity index (χ0) is 18.4. The first-order valence-electron chi connectivity index (χ1n) is 7.77. The summed E-state index contributed by atoms with van der Waals surface area (Å²) in [4.78, 5) is 14.8. The number of pyridine rings is 1. The summed E-state index contributed by atoms with van der Waals surface area (Å²) in [6.45, 7) is 4.29. The van der Waals surface area contributed by atoms with Gasteiger partial charge in [-0.1, -0.05) is 25.4 Å². The molecule has 1 heterocycles. The molecular formula is C17H20ClNO5S. The van der Waals surface area contributed by atoms with E-state index in [1.807, 2.05) is 0 Å². The number of hydrogen-bond acceptors (Lipinski definition) is 5. The molecule has 136 valence electrons. The van der Waals surface area contributed by atoms with Gasteiger partial charge in [0, 0.05) is 23.0 Å². The number of rotatable bonds is 8. The molecule has 0 amide bonds. The molecule has 25 heavy (non-hydrogen) atoms. The number of benzene rings is 1. The Morgan fingerprint density at radius 2 is 1.88 bits per heavy atom. The quantitative estimate of drug-likeness (QED) is 0.704. The van der Waals surface area contributed by atoms with Crippen molar-refractivity contribution in [1.82, 2.24) is 4.98 Å². The summed E-state index contributed by atoms with van der Waals surface area (Å²) in [6.07, 6.45) is 2.25. The maximum absolute atomic E-state index is 12.1. The van der Waals surface area contributed by atoms with Crippen molar-refractivity contribution in [2.45, 2.75) is 31.8 Å². The average molecular weight is 386 g/mol. The van der Waals surface area contributed by atoms with Gasteiger partial charge in [0.2, 0.25) is 5.43 Å². The predicted molar refractivity (Wildman–Crippen MR) is 95.4 cm³/mol. The van der Waals surface area contributed by atoms with Crippen molar-refractivity contribution in [3.8, 4) is 5.75 Å². The van der Waals surface area contributed by atoms with E-state index in [1.54, 1.807) is 0 Å². The number of ether oxygens (including phenoxy) is 1. The van der Waals surface area contributed by atoms with Crippen molar-refractivity contribution in [3.63, 3.8) is 0 Å². The third-order valence-corrected chi connectivity index (χ3v) is 4.89. The fourth-order valence-electron chi connectivity index (χ4n) is 1.91. The number of H-pyrrole nitrogens is 1. The van der Waals surface area contributed by atoms with Gasteiger partial charge < -0.3 is 9.72 Å². The topological polar surface area (TPSA) is 85.5 Å². The molecule has 0 saturated heterocycles. The summed E-state index contributed by atoms with van der Waals surface area (Å²) in [5, 5.41) is 0.427. The van der Waals surface area contributed by atoms with E-state index in [2.05, 4.69) is 18.8 Å². The maximum atomic E-state index is 12.1. The average Bonchev–Trinajstić information content (AvgIpc) is 2.55. The van der Waals surface area contributed by atoms with E-state index >= 15 is 0 Å². The van der Waals surface area contributed by atoms with Crippen LogP contribution in [0.2, 0.25) is 5.02 Å². The van der Waals surface area contributed by atoms with Gasteiger partial charge in [0.05, 0.1) is 11.5 Å². The van der Waals surface area contributed by atoms with Gasteiger partial charge in [0.1, 0.15) is 6.61 Å². The molecule has 0 spiro atoms. The summed E-state index contributed by atoms with van der Waals surface area (Å²) in [5.41, 5.74) is 0.00347. The van der Waals surface area contributed by atoms with Gasteiger partial charge in [-0.2, -0.15) is 8.42 Å². The lowest BCUT2D eigenvalue weighted by Crippen LogP contribution is -2.13. The molecule has 6 nitrogen and oxygen atoms in total. The maximum Gasteiger partial charge on any atom is 0.297 e. The molecule has 1 aromatic heterocycles. The fourth-order valence-corrected chi connectivity index (χ4v) is 2.93. The highest BCUT2D eigenvalue weighted by atomic mass is 35.5. The van der Waals surface area contributed by atoms with Crippen LogP contribution in [0.25, 0.3) is 0 Å². The lowest BCUT2D eigenvalue weighted by molar-refractivity contribution is 0.283. The van der Waals surface area contributed by atoms with Crippen molar-refractivity contribution in [3.05, 3.63) is 57.5 Å². The SMILES string of the molecule is CC(C)CCOc1c[nH]c(COS(=O)(=O)c2ccc(Cl)cc2)cc1=O. The molecular weight excluding hydrogens is 366 g/mol. The van der Waals surface area contributed by atoms with Crippen molar-refractivity contribution in [2.75, 3.05) is 6.61 Å². The Morgan fingerprint density at radius 1 is 1.20 bits per heavy atom. The lowest BCUT2D eigenvalue weighted by Gasteiger charge is -2.09. The highest BCUT2D eigenvalue weighted by Crippen LogP contribution is 2.17. The Labute approximate surface area is 151 Å². The first kappa shape index (κ1) is 19.5. The number of hydrogen-bond donors (Lipinski definition) is 1. The number of aromatic amines is 1. The molecule has 0 bridgehead atoms. The summed E-state index contributed by atoms with van der Waals surface area (Å²) < 4.78 is 34.6. The first-order chi connectivity index (χ1) is 11.8. The smallest absolute Gasteiger partial charge is 0.297 e. The third-order valence-electron chi connectivity index (χ3n) is 3.36. The van der Waals surface area contributed by atoms with Gasteiger partial charge in [-0.05, 0) is 36.6 Å². The number of halogens is 1. The Kier molecular flexibility index (Phi) is 6.64. The second kappa shape index (κ2) is 8.51. The Balaban J connectivity index is 2.00. The van der Waals surface area contributed by atoms with Crippen LogP contribution < -0.4 is 10.2 Å². The van der Waals surface area contributed by atoms with E-state index in [9.17, 15) is 13.2 Å². The van der Waals surface area contributed by atoms with Crippen molar-refractivity contribution >= 4 is 21.7 Å². The lowest BCUT2D eigenvalue weighted by atomic mass is 10.1. The van der Waals surface area contributed by atoms with Crippen molar-refractivity contribution in [2.24, 2.45) is 5.92 Å². The van der Waals surface area contributed by atoms with Gasteiger partial charge in [-0.15, -0.1) is 0 Å².